The molecule has 0 bridgehead atoms. The van der Waals surface area contributed by atoms with E-state index in [4.69, 9.17) is 4.74 Å². The van der Waals surface area contributed by atoms with E-state index in [1.165, 1.54) is 12.1 Å². The first-order valence-electron chi connectivity index (χ1n) is 8.70. The van der Waals surface area contributed by atoms with Gasteiger partial charge in [0, 0.05) is 23.4 Å². The Hall–Kier alpha value is -2.68. The number of aromatic amines is 1. The number of sulfone groups is 1. The smallest absolute Gasteiger partial charge is 0.226 e. The van der Waals surface area contributed by atoms with Crippen LogP contribution in [0, 0.1) is 5.82 Å². The molecule has 0 spiro atoms. The van der Waals surface area contributed by atoms with E-state index >= 15 is 0 Å². The number of hydrogen-bond acceptors (Lipinski definition) is 5. The molecule has 0 saturated heterocycles. The fourth-order valence-electron chi connectivity index (χ4n) is 3.15. The van der Waals surface area contributed by atoms with Crippen LogP contribution < -0.4 is 10.1 Å². The summed E-state index contributed by atoms with van der Waals surface area (Å²) in [7, 11) is -2.21. The molecule has 4 rings (SSSR count). The van der Waals surface area contributed by atoms with Gasteiger partial charge in [-0.25, -0.2) is 12.8 Å². The van der Waals surface area contributed by atoms with Gasteiger partial charge >= 0.3 is 0 Å². The fourth-order valence-corrected chi connectivity index (χ4v) is 4.71. The summed E-state index contributed by atoms with van der Waals surface area (Å²) in [6, 6.07) is 14.6. The van der Waals surface area contributed by atoms with E-state index in [0.717, 1.165) is 11.5 Å². The Bertz CT molecular complexity index is 1270. The molecule has 0 radical (unpaired) electrons. The highest BCUT2D eigenvalue weighted by Crippen LogP contribution is 2.34. The number of nitrogens with one attached hydrogen (secondary N) is 2. The van der Waals surface area contributed by atoms with Gasteiger partial charge in [0.25, 0.3) is 0 Å². The normalized spacial score (nSPS) is 11.5. The number of hydrogen-bond donors (Lipinski definition) is 2. The molecule has 4 aromatic rings. The minimum atomic E-state index is -3.98. The number of H-pyrrole nitrogens is 1. The summed E-state index contributed by atoms with van der Waals surface area (Å²) in [5, 5.41) is 10.9. The van der Waals surface area contributed by atoms with Crippen molar-refractivity contribution in [2.24, 2.45) is 0 Å². The van der Waals surface area contributed by atoms with Gasteiger partial charge in [-0.1, -0.05) is 36.4 Å². The average Bonchev–Trinajstić information content (AvgIpc) is 3.12. The number of nitrogens with zero attached hydrogens (tertiary/aromatic N) is 1. The Kier molecular flexibility index (Phi) is 6.07. The highest BCUT2D eigenvalue weighted by molar-refractivity contribution is 7.91. The molecule has 1 heterocycles. The van der Waals surface area contributed by atoms with Crippen LogP contribution in [0.2, 0.25) is 0 Å². The van der Waals surface area contributed by atoms with E-state index in [0.29, 0.717) is 24.1 Å². The molecule has 0 amide bonds. The highest BCUT2D eigenvalue weighted by atomic mass is 35.5. The second kappa shape index (κ2) is 8.36. The van der Waals surface area contributed by atoms with Crippen molar-refractivity contribution in [2.75, 3.05) is 20.2 Å². The van der Waals surface area contributed by atoms with Crippen molar-refractivity contribution in [3.05, 3.63) is 60.4 Å². The quantitative estimate of drug-likeness (QED) is 0.451. The van der Waals surface area contributed by atoms with Crippen LogP contribution >= 0.6 is 12.4 Å². The molecule has 152 valence electrons. The largest absolute Gasteiger partial charge is 0.490 e. The lowest BCUT2D eigenvalue weighted by Crippen LogP contribution is -2.16. The molecule has 3 aromatic carbocycles. The Morgan fingerprint density at radius 1 is 1.10 bits per heavy atom. The zero-order chi connectivity index (χ0) is 19.7. The van der Waals surface area contributed by atoms with Crippen molar-refractivity contribution in [3.63, 3.8) is 0 Å². The third-order valence-corrected chi connectivity index (χ3v) is 6.23. The van der Waals surface area contributed by atoms with Crippen molar-refractivity contribution in [3.8, 4) is 5.75 Å². The zero-order valence-electron chi connectivity index (χ0n) is 15.5. The molecule has 0 unspecified atom stereocenters. The van der Waals surface area contributed by atoms with E-state index in [2.05, 4.69) is 15.5 Å². The number of aromatic nitrogens is 2. The maximum atomic E-state index is 14.2. The summed E-state index contributed by atoms with van der Waals surface area (Å²) < 4.78 is 46.4. The summed E-state index contributed by atoms with van der Waals surface area (Å²) in [4.78, 5) is 0.126. The third kappa shape index (κ3) is 3.78. The van der Waals surface area contributed by atoms with Gasteiger partial charge in [-0.15, -0.1) is 12.4 Å². The molecule has 0 aliphatic rings. The summed E-state index contributed by atoms with van der Waals surface area (Å²) >= 11 is 0. The minimum Gasteiger partial charge on any atom is -0.490 e. The van der Waals surface area contributed by atoms with E-state index in [9.17, 15) is 12.8 Å². The third-order valence-electron chi connectivity index (χ3n) is 4.47. The second-order valence-electron chi connectivity index (χ2n) is 6.29. The first kappa shape index (κ1) is 21.0. The number of benzene rings is 3. The van der Waals surface area contributed by atoms with Crippen LogP contribution in [0.15, 0.2) is 64.5 Å². The molecule has 9 heteroatoms. The monoisotopic (exact) mass is 435 g/mol. The number of ether oxygens (including phenoxy) is 1. The average molecular weight is 436 g/mol. The molecule has 29 heavy (non-hydrogen) atoms. The summed E-state index contributed by atoms with van der Waals surface area (Å²) in [5.41, 5.74) is 0.344. The van der Waals surface area contributed by atoms with E-state index in [1.54, 1.807) is 25.2 Å². The van der Waals surface area contributed by atoms with Crippen LogP contribution in [0.5, 0.6) is 5.75 Å². The van der Waals surface area contributed by atoms with Gasteiger partial charge in [0.15, 0.2) is 5.03 Å². The lowest BCUT2D eigenvalue weighted by atomic mass is 10.1. The van der Waals surface area contributed by atoms with Crippen LogP contribution in [0.1, 0.15) is 0 Å². The first-order valence-corrected chi connectivity index (χ1v) is 10.2. The SMILES string of the molecule is CNCCOc1cc(F)cc2c(S(=O)(=O)c3cccc4ccccc34)n[nH]c12.Cl. The van der Waals surface area contributed by atoms with Crippen LogP contribution in [0.4, 0.5) is 4.39 Å². The van der Waals surface area contributed by atoms with Gasteiger partial charge in [0.2, 0.25) is 9.84 Å². The Balaban J connectivity index is 0.00000240. The van der Waals surface area contributed by atoms with Crippen molar-refractivity contribution < 1.29 is 17.5 Å². The van der Waals surface area contributed by atoms with E-state index < -0.39 is 15.7 Å². The Labute approximate surface area is 173 Å². The molecular weight excluding hydrogens is 417 g/mol. The zero-order valence-corrected chi connectivity index (χ0v) is 17.1. The fraction of sp³-hybridized carbons (Fsp3) is 0.150. The van der Waals surface area contributed by atoms with Gasteiger partial charge in [0.1, 0.15) is 23.7 Å². The minimum absolute atomic E-state index is 0. The van der Waals surface area contributed by atoms with Gasteiger partial charge in [-0.05, 0) is 24.6 Å². The summed E-state index contributed by atoms with van der Waals surface area (Å²) in [6.45, 7) is 0.868. The van der Waals surface area contributed by atoms with Crippen molar-refractivity contribution in [2.45, 2.75) is 9.92 Å². The number of fused-ring (bicyclic) bond motifs is 2. The topological polar surface area (TPSA) is 84.1 Å². The van der Waals surface area contributed by atoms with E-state index in [1.807, 2.05) is 18.2 Å². The van der Waals surface area contributed by atoms with Crippen LogP contribution in [0.3, 0.4) is 0 Å². The second-order valence-corrected chi connectivity index (χ2v) is 8.12. The maximum Gasteiger partial charge on any atom is 0.226 e. The number of rotatable bonds is 6. The van der Waals surface area contributed by atoms with Gasteiger partial charge in [-0.2, -0.15) is 5.10 Å². The molecule has 0 aliphatic carbocycles. The predicted molar refractivity (Wildman–Crippen MR) is 112 cm³/mol. The van der Waals surface area contributed by atoms with Crippen molar-refractivity contribution in [1.29, 1.82) is 0 Å². The lowest BCUT2D eigenvalue weighted by Gasteiger charge is -2.08. The van der Waals surface area contributed by atoms with Crippen LogP contribution in [-0.4, -0.2) is 38.8 Å². The molecule has 0 atom stereocenters. The molecule has 0 saturated carbocycles. The molecule has 6 nitrogen and oxygen atoms in total. The highest BCUT2D eigenvalue weighted by Gasteiger charge is 2.27. The molecule has 1 aromatic heterocycles. The Morgan fingerprint density at radius 2 is 1.86 bits per heavy atom. The van der Waals surface area contributed by atoms with E-state index in [-0.39, 0.29) is 33.5 Å². The summed E-state index contributed by atoms with van der Waals surface area (Å²) in [6.07, 6.45) is 0. The van der Waals surface area contributed by atoms with Gasteiger partial charge < -0.3 is 10.1 Å². The summed E-state index contributed by atoms with van der Waals surface area (Å²) in [5.74, 6) is -0.375. The number of halogens is 2. The van der Waals surface area contributed by atoms with Crippen LogP contribution in [-0.2, 0) is 9.84 Å². The Morgan fingerprint density at radius 3 is 2.66 bits per heavy atom. The number of likely N-dealkylation sites (N-methyl/N-ethyl adjacent to an activating group) is 1. The first-order chi connectivity index (χ1) is 13.5. The molecular formula is C20H19ClFN3O3S. The van der Waals surface area contributed by atoms with Crippen molar-refractivity contribution >= 4 is 43.9 Å². The molecule has 0 fully saturated rings. The standard InChI is InChI=1S/C20H18FN3O3S.ClH/c1-22-9-10-27-17-12-14(21)11-16-19(17)23-24-20(16)28(25,26)18-8-4-6-13-5-2-3-7-15(13)18;/h2-8,11-12,22H,9-10H2,1H3,(H,23,24);1H. The van der Waals surface area contributed by atoms with Crippen molar-refractivity contribution in [1.82, 2.24) is 15.5 Å². The maximum absolute atomic E-state index is 14.2. The predicted octanol–water partition coefficient (Wildman–Crippen LogP) is 3.71. The van der Waals surface area contributed by atoms with Crippen LogP contribution in [0.25, 0.3) is 21.7 Å². The van der Waals surface area contributed by atoms with Gasteiger partial charge in [0.05, 0.1) is 4.90 Å². The molecule has 0 aliphatic heterocycles. The van der Waals surface area contributed by atoms with Gasteiger partial charge in [-0.3, -0.25) is 5.10 Å². The lowest BCUT2D eigenvalue weighted by molar-refractivity contribution is 0.320. The molecule has 2 N–H and O–H groups in total.